The maximum absolute atomic E-state index is 13.9. The fourth-order valence-corrected chi connectivity index (χ4v) is 6.10. The van der Waals surface area contributed by atoms with Crippen LogP contribution in [0.25, 0.3) is 0 Å². The topological polar surface area (TPSA) is 53.6 Å². The highest BCUT2D eigenvalue weighted by Gasteiger charge is 2.59. The second-order valence-electron chi connectivity index (χ2n) is 8.87. The number of carbonyl (C=O) groups is 1. The van der Waals surface area contributed by atoms with E-state index in [4.69, 9.17) is 17.0 Å². The minimum Gasteiger partial charge on any atom is -0.467 e. The largest absolute Gasteiger partial charge is 0.467 e. The van der Waals surface area contributed by atoms with Gasteiger partial charge in [0.25, 0.3) is 0 Å². The van der Waals surface area contributed by atoms with Gasteiger partial charge in [0.15, 0.2) is 10.8 Å². The molecule has 1 fully saturated rings. The zero-order valence-electron chi connectivity index (χ0n) is 18.9. The maximum atomic E-state index is 13.9. The molecule has 1 amide bonds. The number of amides is 1. The van der Waals surface area contributed by atoms with Gasteiger partial charge in [0.1, 0.15) is 11.7 Å². The monoisotopic (exact) mass is 599 g/mol. The van der Waals surface area contributed by atoms with Crippen LogP contribution in [0.5, 0.6) is 5.75 Å². The summed E-state index contributed by atoms with van der Waals surface area (Å²) >= 11 is 12.9. The van der Waals surface area contributed by atoms with E-state index in [1.165, 1.54) is 0 Å². The summed E-state index contributed by atoms with van der Waals surface area (Å²) in [4.78, 5) is 15.9. The molecule has 2 N–H and O–H groups in total. The summed E-state index contributed by atoms with van der Waals surface area (Å²) in [7, 11) is 0. The molecular formula is C26H23Br2N3O2S. The van der Waals surface area contributed by atoms with Crippen LogP contribution in [-0.4, -0.2) is 16.7 Å². The highest BCUT2D eigenvalue weighted by atomic mass is 79.9. The van der Waals surface area contributed by atoms with Crippen molar-refractivity contribution in [3.63, 3.8) is 0 Å². The van der Waals surface area contributed by atoms with Gasteiger partial charge in [-0.1, -0.05) is 55.6 Å². The van der Waals surface area contributed by atoms with E-state index < -0.39 is 11.6 Å². The lowest BCUT2D eigenvalue weighted by Crippen LogP contribution is -2.72. The fourth-order valence-electron chi connectivity index (χ4n) is 4.92. The molecule has 3 atom stereocenters. The van der Waals surface area contributed by atoms with E-state index in [2.05, 4.69) is 48.6 Å². The number of aryl methyl sites for hydroxylation is 2. The summed E-state index contributed by atoms with van der Waals surface area (Å²) in [5.41, 5.74) is 3.61. The molecule has 2 aliphatic heterocycles. The predicted molar refractivity (Wildman–Crippen MR) is 146 cm³/mol. The van der Waals surface area contributed by atoms with Crippen LogP contribution in [0, 0.1) is 19.8 Å². The van der Waals surface area contributed by atoms with Crippen LogP contribution < -0.4 is 20.3 Å². The van der Waals surface area contributed by atoms with Gasteiger partial charge < -0.3 is 15.4 Å². The lowest BCUT2D eigenvalue weighted by molar-refractivity contribution is -0.130. The summed E-state index contributed by atoms with van der Waals surface area (Å²) < 4.78 is 8.47. The molecule has 0 saturated carbocycles. The van der Waals surface area contributed by atoms with Crippen molar-refractivity contribution in [2.24, 2.45) is 5.92 Å². The van der Waals surface area contributed by atoms with Gasteiger partial charge in [0, 0.05) is 25.9 Å². The van der Waals surface area contributed by atoms with Gasteiger partial charge in [-0.3, -0.25) is 9.69 Å². The third kappa shape index (κ3) is 3.91. The second kappa shape index (κ2) is 8.66. The Balaban J connectivity index is 1.63. The summed E-state index contributed by atoms with van der Waals surface area (Å²) in [5.74, 6) is -0.0120. The number of hydrogen-bond acceptors (Lipinski definition) is 3. The van der Waals surface area contributed by atoms with Crippen LogP contribution in [0.4, 0.5) is 11.4 Å². The molecule has 3 aromatic rings. The van der Waals surface area contributed by atoms with Gasteiger partial charge in [-0.05, 0) is 81.0 Å². The van der Waals surface area contributed by atoms with Crippen LogP contribution >= 0.6 is 44.1 Å². The molecule has 0 radical (unpaired) electrons. The number of thiocarbonyl (C=S) groups is 1. The Bertz CT molecular complexity index is 1330. The summed E-state index contributed by atoms with van der Waals surface area (Å²) in [6, 6.07) is 19.3. The zero-order chi connectivity index (χ0) is 24.2. The molecule has 1 saturated heterocycles. The van der Waals surface area contributed by atoms with Gasteiger partial charge in [0.2, 0.25) is 5.91 Å². The Morgan fingerprint density at radius 1 is 1.09 bits per heavy atom. The Labute approximate surface area is 221 Å². The number of halogens is 2. The lowest BCUT2D eigenvalue weighted by Gasteiger charge is -2.56. The van der Waals surface area contributed by atoms with Crippen molar-refractivity contribution in [3.05, 3.63) is 86.3 Å². The van der Waals surface area contributed by atoms with Gasteiger partial charge in [-0.25, -0.2) is 0 Å². The van der Waals surface area contributed by atoms with Crippen molar-refractivity contribution in [2.75, 3.05) is 10.2 Å². The number of ether oxygens (including phenoxy) is 1. The van der Waals surface area contributed by atoms with Crippen molar-refractivity contribution in [1.82, 2.24) is 5.32 Å². The van der Waals surface area contributed by atoms with Gasteiger partial charge in [-0.15, -0.1) is 0 Å². The number of nitrogens with zero attached hydrogens (tertiary/aromatic N) is 1. The summed E-state index contributed by atoms with van der Waals surface area (Å²) in [6.45, 7) is 5.97. The third-order valence-electron chi connectivity index (χ3n) is 6.45. The predicted octanol–water partition coefficient (Wildman–Crippen LogP) is 6.63. The van der Waals surface area contributed by atoms with Crippen LogP contribution in [0.1, 0.15) is 29.7 Å². The minimum atomic E-state index is -1.06. The molecule has 2 aliphatic rings. The first-order valence-electron chi connectivity index (χ1n) is 10.9. The first kappa shape index (κ1) is 23.3. The number of benzene rings is 3. The molecule has 3 aromatic carbocycles. The standard InChI is InChI=1S/C26H23Br2N3O2S/c1-14-7-9-20(15(2)11-14)29-24(32)22-23-19-13-17(28)8-10-21(19)33-26(22,3)31(25(34)30-23)18-6-4-5-16(27)12-18/h4-13,22-23H,1-3H3,(H,29,32)(H,30,34)/t22-,23+,26-/m0/s1. The SMILES string of the molecule is Cc1ccc(NC(=O)[C@@H]2[C@@H]3NC(=S)N(c4cccc(Br)c4)[C@@]2(C)Oc2ccc(Br)cc23)c(C)c1. The number of rotatable bonds is 3. The van der Waals surface area contributed by atoms with Crippen molar-refractivity contribution in [1.29, 1.82) is 0 Å². The Kier molecular flexibility index (Phi) is 5.94. The molecule has 8 heteroatoms. The molecule has 5 nitrogen and oxygen atoms in total. The first-order chi connectivity index (χ1) is 16.2. The Morgan fingerprint density at radius 3 is 2.59 bits per heavy atom. The minimum absolute atomic E-state index is 0.139. The number of nitrogens with one attached hydrogen (secondary N) is 2. The van der Waals surface area contributed by atoms with Gasteiger partial charge in [-0.2, -0.15) is 0 Å². The summed E-state index contributed by atoms with van der Waals surface area (Å²) in [5, 5.41) is 7.11. The number of anilines is 2. The van der Waals surface area contributed by atoms with Crippen molar-refractivity contribution in [3.8, 4) is 5.75 Å². The molecule has 174 valence electrons. The molecule has 2 heterocycles. The van der Waals surface area contributed by atoms with Crippen LogP contribution in [0.15, 0.2) is 69.6 Å². The van der Waals surface area contributed by atoms with Crippen molar-refractivity contribution >= 4 is 66.5 Å². The molecule has 0 spiro atoms. The van der Waals surface area contributed by atoms with E-state index in [1.807, 2.05) is 80.3 Å². The number of carbonyl (C=O) groups excluding carboxylic acids is 1. The molecule has 0 aromatic heterocycles. The van der Waals surface area contributed by atoms with Crippen molar-refractivity contribution < 1.29 is 9.53 Å². The van der Waals surface area contributed by atoms with Crippen LogP contribution in [0.2, 0.25) is 0 Å². The normalized spacial score (nSPS) is 23.0. The van der Waals surface area contributed by atoms with E-state index in [0.717, 1.165) is 42.8 Å². The molecule has 34 heavy (non-hydrogen) atoms. The van der Waals surface area contributed by atoms with Gasteiger partial charge >= 0.3 is 0 Å². The highest BCUT2D eigenvalue weighted by molar-refractivity contribution is 9.10. The zero-order valence-corrected chi connectivity index (χ0v) is 22.8. The maximum Gasteiger partial charge on any atom is 0.236 e. The van der Waals surface area contributed by atoms with Gasteiger partial charge in [0.05, 0.1) is 6.04 Å². The number of hydrogen-bond donors (Lipinski definition) is 2. The van der Waals surface area contributed by atoms with Crippen molar-refractivity contribution in [2.45, 2.75) is 32.5 Å². The van der Waals surface area contributed by atoms with Crippen LogP contribution in [-0.2, 0) is 4.79 Å². The molecule has 0 unspecified atom stereocenters. The highest BCUT2D eigenvalue weighted by Crippen LogP contribution is 2.50. The molecular weight excluding hydrogens is 578 g/mol. The molecule has 2 bridgehead atoms. The van der Waals surface area contributed by atoms with E-state index in [1.54, 1.807) is 0 Å². The quantitative estimate of drug-likeness (QED) is 0.331. The Hall–Kier alpha value is -2.42. The Morgan fingerprint density at radius 2 is 1.85 bits per heavy atom. The average molecular weight is 601 g/mol. The smallest absolute Gasteiger partial charge is 0.236 e. The molecule has 5 rings (SSSR count). The average Bonchev–Trinajstić information content (AvgIpc) is 2.76. The van der Waals surface area contributed by atoms with E-state index in [9.17, 15) is 4.79 Å². The lowest BCUT2D eigenvalue weighted by atomic mass is 9.78. The van der Waals surface area contributed by atoms with E-state index in [0.29, 0.717) is 5.11 Å². The summed E-state index contributed by atoms with van der Waals surface area (Å²) in [6.07, 6.45) is 0. The first-order valence-corrected chi connectivity index (χ1v) is 12.9. The second-order valence-corrected chi connectivity index (χ2v) is 11.1. The number of fused-ring (bicyclic) bond motifs is 4. The van der Waals surface area contributed by atoms with E-state index in [-0.39, 0.29) is 11.9 Å². The van der Waals surface area contributed by atoms with Crippen LogP contribution in [0.3, 0.4) is 0 Å². The van der Waals surface area contributed by atoms with E-state index >= 15 is 0 Å². The third-order valence-corrected chi connectivity index (χ3v) is 7.74. The fraction of sp³-hybridized carbons (Fsp3) is 0.231. The molecule has 0 aliphatic carbocycles.